The van der Waals surface area contributed by atoms with Crippen LogP contribution in [0.5, 0.6) is 0 Å². The van der Waals surface area contributed by atoms with Crippen LogP contribution < -0.4 is 26.7 Å². The fraction of sp³-hybridized carbons (Fsp3) is 0.250. The zero-order valence-corrected chi connectivity index (χ0v) is 18.9. The van der Waals surface area contributed by atoms with Gasteiger partial charge in [0.25, 0.3) is 0 Å². The molecular weight excluding hydrogens is 415 g/mol. The summed E-state index contributed by atoms with van der Waals surface area (Å²) in [6.07, 6.45) is 1.57. The highest BCUT2D eigenvalue weighted by atomic mass is 19.2. The van der Waals surface area contributed by atoms with Crippen molar-refractivity contribution in [3.63, 3.8) is 0 Å². The Bertz CT molecular complexity index is 1260. The molecule has 3 N–H and O–H groups in total. The average Bonchev–Trinajstić information content (AvgIpc) is 2.76. The fourth-order valence-corrected chi connectivity index (χ4v) is 3.06. The molecule has 0 fully saturated rings. The summed E-state index contributed by atoms with van der Waals surface area (Å²) in [6, 6.07) is 7.73. The molecule has 1 heterocycles. The molecule has 3 rings (SSSR count). The molecular formula is C24H28F3N5. The second-order valence-electron chi connectivity index (χ2n) is 6.98. The van der Waals surface area contributed by atoms with Crippen LogP contribution in [0.2, 0.25) is 0 Å². The van der Waals surface area contributed by atoms with Gasteiger partial charge >= 0.3 is 0 Å². The first-order valence-corrected chi connectivity index (χ1v) is 10.2. The predicted molar refractivity (Wildman–Crippen MR) is 122 cm³/mol. The second kappa shape index (κ2) is 10.7. The Labute approximate surface area is 185 Å². The van der Waals surface area contributed by atoms with Crippen molar-refractivity contribution in [2.24, 2.45) is 0 Å². The Morgan fingerprint density at radius 2 is 1.72 bits per heavy atom. The predicted octanol–water partition coefficient (Wildman–Crippen LogP) is 3.58. The Balaban J connectivity index is 0.00000176. The van der Waals surface area contributed by atoms with Crippen molar-refractivity contribution in [1.82, 2.24) is 14.9 Å². The number of hydrogen-bond donors (Lipinski definition) is 3. The fourth-order valence-electron chi connectivity index (χ4n) is 3.06. The molecule has 0 atom stereocenters. The van der Waals surface area contributed by atoms with Crippen LogP contribution in [-0.2, 0) is 6.54 Å². The van der Waals surface area contributed by atoms with E-state index in [1.54, 1.807) is 17.8 Å². The molecule has 0 amide bonds. The van der Waals surface area contributed by atoms with Gasteiger partial charge < -0.3 is 15.2 Å². The minimum absolute atomic E-state index is 0.0476. The van der Waals surface area contributed by atoms with Gasteiger partial charge in [0, 0.05) is 18.9 Å². The number of aryl methyl sites for hydroxylation is 2. The van der Waals surface area contributed by atoms with E-state index in [0.717, 1.165) is 28.9 Å². The molecule has 0 aliphatic carbocycles. The van der Waals surface area contributed by atoms with Gasteiger partial charge in [0.1, 0.15) is 5.36 Å². The molecule has 5 nitrogen and oxygen atoms in total. The molecule has 32 heavy (non-hydrogen) atoms. The summed E-state index contributed by atoms with van der Waals surface area (Å²) in [5, 5.41) is 15.1. The van der Waals surface area contributed by atoms with Crippen LogP contribution in [0.15, 0.2) is 30.3 Å². The lowest BCUT2D eigenvalue weighted by Crippen LogP contribution is -2.48. The normalized spacial score (nSPS) is 11.1. The molecule has 0 bridgehead atoms. The molecule has 0 unspecified atom stereocenters. The number of benzene rings is 2. The monoisotopic (exact) mass is 443 g/mol. The Kier molecular flexibility index (Phi) is 8.23. The van der Waals surface area contributed by atoms with Crippen molar-refractivity contribution in [3.05, 3.63) is 80.5 Å². The SMILES string of the molecule is C=c1nc(Nc2cc(C)ccc2C)n(Cc2cc(F)c(F)c(F)c2)/c(=C/NC)c1=N.CC. The summed E-state index contributed by atoms with van der Waals surface area (Å²) < 4.78 is 42.5. The van der Waals surface area contributed by atoms with Crippen molar-refractivity contribution in [1.29, 1.82) is 5.41 Å². The van der Waals surface area contributed by atoms with Crippen molar-refractivity contribution in [2.45, 2.75) is 34.2 Å². The van der Waals surface area contributed by atoms with Gasteiger partial charge in [-0.2, -0.15) is 0 Å². The second-order valence-corrected chi connectivity index (χ2v) is 6.98. The molecule has 0 spiro atoms. The maximum Gasteiger partial charge on any atom is 0.208 e. The molecule has 170 valence electrons. The lowest BCUT2D eigenvalue weighted by atomic mass is 10.1. The van der Waals surface area contributed by atoms with Gasteiger partial charge in [0.15, 0.2) is 17.5 Å². The van der Waals surface area contributed by atoms with E-state index in [9.17, 15) is 13.2 Å². The molecule has 1 aromatic heterocycles. The van der Waals surface area contributed by atoms with Crippen molar-refractivity contribution >= 4 is 24.4 Å². The molecule has 0 aliphatic rings. The van der Waals surface area contributed by atoms with E-state index in [2.05, 4.69) is 22.2 Å². The molecule has 2 aromatic carbocycles. The Morgan fingerprint density at radius 1 is 1.09 bits per heavy atom. The number of anilines is 2. The highest BCUT2D eigenvalue weighted by molar-refractivity contribution is 5.59. The van der Waals surface area contributed by atoms with Gasteiger partial charge in [0.2, 0.25) is 5.95 Å². The van der Waals surface area contributed by atoms with Gasteiger partial charge in [-0.25, -0.2) is 18.2 Å². The number of hydrogen-bond acceptors (Lipinski definition) is 4. The molecule has 8 heteroatoms. The number of halogens is 3. The van der Waals surface area contributed by atoms with Gasteiger partial charge in [-0.1, -0.05) is 32.6 Å². The maximum atomic E-state index is 13.8. The molecule has 0 saturated carbocycles. The van der Waals surface area contributed by atoms with E-state index in [1.165, 1.54) is 0 Å². The van der Waals surface area contributed by atoms with Gasteiger partial charge in [-0.05, 0) is 48.7 Å². The lowest BCUT2D eigenvalue weighted by Gasteiger charge is -2.18. The summed E-state index contributed by atoms with van der Waals surface area (Å²) in [4.78, 5) is 4.38. The first-order valence-electron chi connectivity index (χ1n) is 10.2. The van der Waals surface area contributed by atoms with E-state index >= 15 is 0 Å². The topological polar surface area (TPSA) is 65.7 Å². The molecule has 0 saturated heterocycles. The van der Waals surface area contributed by atoms with Crippen LogP contribution >= 0.6 is 0 Å². The standard InChI is InChI=1S/C22H22F3N5.C2H6/c1-12-5-6-13(2)18(7-12)29-22-28-14(3)21(26)19(10-27-4)30(22)11-15-8-16(23)20(25)17(24)9-15;1-2/h5-10,26-27H,3,11H2,1-2,4H3,(H,28,29);1-2H3/b19-10+,26-21?;. The third kappa shape index (κ3) is 5.38. The summed E-state index contributed by atoms with van der Waals surface area (Å²) in [5.74, 6) is -3.74. The van der Waals surface area contributed by atoms with Crippen molar-refractivity contribution < 1.29 is 13.2 Å². The van der Waals surface area contributed by atoms with Crippen LogP contribution in [0.1, 0.15) is 30.5 Å². The van der Waals surface area contributed by atoms with Gasteiger partial charge in [-0.15, -0.1) is 0 Å². The van der Waals surface area contributed by atoms with Crippen LogP contribution in [0.3, 0.4) is 0 Å². The third-order valence-corrected chi connectivity index (χ3v) is 4.64. The zero-order chi connectivity index (χ0) is 24.0. The van der Waals surface area contributed by atoms with Crippen molar-refractivity contribution in [2.75, 3.05) is 12.4 Å². The minimum Gasteiger partial charge on any atom is -0.392 e. The van der Waals surface area contributed by atoms with Crippen LogP contribution in [0, 0.1) is 36.7 Å². The van der Waals surface area contributed by atoms with E-state index < -0.39 is 17.5 Å². The van der Waals surface area contributed by atoms with Crippen LogP contribution in [0.25, 0.3) is 12.8 Å². The quantitative estimate of drug-likeness (QED) is 0.528. The van der Waals surface area contributed by atoms with Gasteiger partial charge in [0.05, 0.1) is 17.2 Å². The minimum atomic E-state index is -1.52. The smallest absolute Gasteiger partial charge is 0.208 e. The summed E-state index contributed by atoms with van der Waals surface area (Å²) in [7, 11) is 1.67. The molecule has 3 aromatic rings. The number of nitrogens with zero attached hydrogens (tertiary/aromatic N) is 2. The molecule has 0 aliphatic heterocycles. The van der Waals surface area contributed by atoms with E-state index in [1.807, 2.05) is 45.9 Å². The summed E-state index contributed by atoms with van der Waals surface area (Å²) >= 11 is 0. The highest BCUT2D eigenvalue weighted by Gasteiger charge is 2.14. The summed E-state index contributed by atoms with van der Waals surface area (Å²) in [6.45, 7) is 11.7. The van der Waals surface area contributed by atoms with E-state index in [-0.39, 0.29) is 22.8 Å². The highest BCUT2D eigenvalue weighted by Crippen LogP contribution is 2.20. The summed E-state index contributed by atoms with van der Waals surface area (Å²) in [5.41, 5.74) is 2.98. The average molecular weight is 444 g/mol. The number of nitrogens with one attached hydrogen (secondary N) is 3. The third-order valence-electron chi connectivity index (χ3n) is 4.64. The van der Waals surface area contributed by atoms with Gasteiger partial charge in [-0.3, -0.25) is 5.41 Å². The van der Waals surface area contributed by atoms with Crippen LogP contribution in [-0.4, -0.2) is 16.6 Å². The van der Waals surface area contributed by atoms with Crippen LogP contribution in [0.4, 0.5) is 24.8 Å². The first kappa shape index (κ1) is 24.7. The van der Waals surface area contributed by atoms with Crippen molar-refractivity contribution in [3.8, 4) is 0 Å². The number of aromatic nitrogens is 2. The van der Waals surface area contributed by atoms with E-state index in [0.29, 0.717) is 11.3 Å². The Hall–Kier alpha value is -3.55. The first-order chi connectivity index (χ1) is 15.2. The number of rotatable bonds is 5. The zero-order valence-electron chi connectivity index (χ0n) is 18.9. The lowest BCUT2D eigenvalue weighted by molar-refractivity contribution is 0.444. The largest absolute Gasteiger partial charge is 0.392 e. The Morgan fingerprint density at radius 3 is 2.31 bits per heavy atom. The van der Waals surface area contributed by atoms with E-state index in [4.69, 9.17) is 5.41 Å². The maximum absolute atomic E-state index is 13.8. The molecule has 0 radical (unpaired) electrons.